The molecule has 0 aliphatic rings. The zero-order valence-electron chi connectivity index (χ0n) is 13.1. The zero-order valence-corrected chi connectivity index (χ0v) is 13.9. The van der Waals surface area contributed by atoms with Gasteiger partial charge in [0.2, 0.25) is 11.8 Å². The van der Waals surface area contributed by atoms with Crippen LogP contribution in [0.4, 0.5) is 5.69 Å². The first-order chi connectivity index (χ1) is 9.95. The van der Waals surface area contributed by atoms with E-state index in [9.17, 15) is 4.79 Å². The van der Waals surface area contributed by atoms with Crippen molar-refractivity contribution in [2.45, 2.75) is 39.7 Å². The highest BCUT2D eigenvalue weighted by Crippen LogP contribution is 2.24. The summed E-state index contributed by atoms with van der Waals surface area (Å²) in [5.74, 6) is 1.33. The van der Waals surface area contributed by atoms with Gasteiger partial charge in [0.25, 0.3) is 0 Å². The Labute approximate surface area is 136 Å². The third-order valence-electron chi connectivity index (χ3n) is 3.25. The molecule has 0 radical (unpaired) electrons. The van der Waals surface area contributed by atoms with Crippen LogP contribution in [0.15, 0.2) is 28.7 Å². The Hall–Kier alpha value is -1.85. The Kier molecular flexibility index (Phi) is 6.59. The molecule has 22 heavy (non-hydrogen) atoms. The Morgan fingerprint density at radius 2 is 2.14 bits per heavy atom. The predicted octanol–water partition coefficient (Wildman–Crippen LogP) is 3.45. The van der Waals surface area contributed by atoms with Crippen molar-refractivity contribution in [3.05, 3.63) is 35.7 Å². The van der Waals surface area contributed by atoms with Crippen LogP contribution < -0.4 is 11.1 Å². The van der Waals surface area contributed by atoms with Crippen molar-refractivity contribution in [1.29, 1.82) is 0 Å². The fourth-order valence-electron chi connectivity index (χ4n) is 1.91. The third kappa shape index (κ3) is 4.86. The van der Waals surface area contributed by atoms with Gasteiger partial charge in [-0.3, -0.25) is 4.79 Å². The molecular formula is C16H22ClN3O2. The lowest BCUT2D eigenvalue weighted by Gasteiger charge is -2.07. The monoisotopic (exact) mass is 323 g/mol. The molecule has 1 atom stereocenters. The van der Waals surface area contributed by atoms with E-state index in [-0.39, 0.29) is 24.4 Å². The van der Waals surface area contributed by atoms with Gasteiger partial charge >= 0.3 is 0 Å². The zero-order chi connectivity index (χ0) is 15.4. The van der Waals surface area contributed by atoms with Gasteiger partial charge in [-0.2, -0.15) is 0 Å². The van der Waals surface area contributed by atoms with Gasteiger partial charge in [-0.05, 0) is 45.4 Å². The Morgan fingerprint density at radius 3 is 2.73 bits per heavy atom. The smallest absolute Gasteiger partial charge is 0.226 e. The van der Waals surface area contributed by atoms with E-state index in [0.717, 1.165) is 22.7 Å². The number of carbonyl (C=O) groups is 1. The van der Waals surface area contributed by atoms with Gasteiger partial charge in [-0.1, -0.05) is 6.07 Å². The molecule has 120 valence electrons. The predicted molar refractivity (Wildman–Crippen MR) is 90.2 cm³/mol. The van der Waals surface area contributed by atoms with Crippen LogP contribution in [0, 0.1) is 13.8 Å². The molecule has 0 saturated heterocycles. The molecule has 0 spiro atoms. The summed E-state index contributed by atoms with van der Waals surface area (Å²) >= 11 is 0. The minimum absolute atomic E-state index is 0. The van der Waals surface area contributed by atoms with Crippen LogP contribution in [-0.2, 0) is 4.79 Å². The number of nitrogens with two attached hydrogens (primary N) is 1. The fourth-order valence-corrected chi connectivity index (χ4v) is 1.91. The number of amides is 1. The van der Waals surface area contributed by atoms with Gasteiger partial charge in [0.05, 0.1) is 5.69 Å². The van der Waals surface area contributed by atoms with Gasteiger partial charge in [-0.25, -0.2) is 4.98 Å². The number of anilines is 1. The van der Waals surface area contributed by atoms with E-state index in [1.807, 2.05) is 45.0 Å². The maximum absolute atomic E-state index is 11.8. The Bertz CT molecular complexity index is 619. The molecule has 0 saturated carbocycles. The number of carbonyl (C=O) groups excluding carboxylic acids is 1. The molecule has 2 rings (SSSR count). The second kappa shape index (κ2) is 7.96. The van der Waals surface area contributed by atoms with Crippen molar-refractivity contribution in [2.75, 3.05) is 5.32 Å². The number of aromatic nitrogens is 1. The van der Waals surface area contributed by atoms with E-state index in [2.05, 4.69) is 10.3 Å². The summed E-state index contributed by atoms with van der Waals surface area (Å²) in [6.45, 7) is 5.68. The topological polar surface area (TPSA) is 81.2 Å². The molecule has 1 amide bonds. The first kappa shape index (κ1) is 18.2. The summed E-state index contributed by atoms with van der Waals surface area (Å²) in [5, 5.41) is 2.86. The lowest BCUT2D eigenvalue weighted by molar-refractivity contribution is -0.116. The van der Waals surface area contributed by atoms with Gasteiger partial charge in [0.15, 0.2) is 0 Å². The van der Waals surface area contributed by atoms with Crippen LogP contribution in [0.3, 0.4) is 0 Å². The molecule has 2 aromatic rings. The van der Waals surface area contributed by atoms with E-state index in [1.165, 1.54) is 0 Å². The SMILES string of the molecule is Cc1nc(-c2cccc(NC(=O)CCC(C)N)c2)oc1C.Cl. The summed E-state index contributed by atoms with van der Waals surface area (Å²) in [5.41, 5.74) is 8.10. The average Bonchev–Trinajstić information content (AvgIpc) is 2.77. The van der Waals surface area contributed by atoms with Crippen LogP contribution in [0.5, 0.6) is 0 Å². The highest BCUT2D eigenvalue weighted by atomic mass is 35.5. The summed E-state index contributed by atoms with van der Waals surface area (Å²) in [7, 11) is 0. The molecule has 6 heteroatoms. The minimum Gasteiger partial charge on any atom is -0.441 e. The maximum atomic E-state index is 11.8. The van der Waals surface area contributed by atoms with Crippen molar-refractivity contribution in [1.82, 2.24) is 4.98 Å². The summed E-state index contributed by atoms with van der Waals surface area (Å²) in [6, 6.07) is 7.50. The number of oxazole rings is 1. The maximum Gasteiger partial charge on any atom is 0.226 e. The van der Waals surface area contributed by atoms with Gasteiger partial charge < -0.3 is 15.5 Å². The number of nitrogens with one attached hydrogen (secondary N) is 1. The molecule has 0 aliphatic carbocycles. The molecule has 5 nitrogen and oxygen atoms in total. The molecule has 1 aromatic carbocycles. The first-order valence-electron chi connectivity index (χ1n) is 7.05. The van der Waals surface area contributed by atoms with E-state index in [0.29, 0.717) is 18.7 Å². The molecule has 0 bridgehead atoms. The highest BCUT2D eigenvalue weighted by molar-refractivity contribution is 5.91. The molecule has 1 aromatic heterocycles. The van der Waals surface area contributed by atoms with Crippen LogP contribution in [-0.4, -0.2) is 16.9 Å². The fraction of sp³-hybridized carbons (Fsp3) is 0.375. The number of nitrogens with zero attached hydrogens (tertiary/aromatic N) is 1. The molecule has 0 fully saturated rings. The number of hydrogen-bond donors (Lipinski definition) is 2. The Morgan fingerprint density at radius 1 is 1.41 bits per heavy atom. The van der Waals surface area contributed by atoms with Gasteiger partial charge in [-0.15, -0.1) is 12.4 Å². The second-order valence-electron chi connectivity index (χ2n) is 5.31. The molecule has 1 unspecified atom stereocenters. The first-order valence-corrected chi connectivity index (χ1v) is 7.05. The second-order valence-corrected chi connectivity index (χ2v) is 5.31. The highest BCUT2D eigenvalue weighted by Gasteiger charge is 2.10. The van der Waals surface area contributed by atoms with Crippen LogP contribution in [0.25, 0.3) is 11.5 Å². The van der Waals surface area contributed by atoms with Crippen LogP contribution >= 0.6 is 12.4 Å². The van der Waals surface area contributed by atoms with E-state index < -0.39 is 0 Å². The van der Waals surface area contributed by atoms with Crippen molar-refractivity contribution >= 4 is 24.0 Å². The number of benzene rings is 1. The van der Waals surface area contributed by atoms with Crippen LogP contribution in [0.1, 0.15) is 31.2 Å². The van der Waals surface area contributed by atoms with Gasteiger partial charge in [0.1, 0.15) is 5.76 Å². The normalized spacial score (nSPS) is 11.6. The standard InChI is InChI=1S/C16H21N3O2.ClH/c1-10(17)7-8-15(20)19-14-6-4-5-13(9-14)16-18-11(2)12(3)21-16;/h4-6,9-10H,7-8,17H2,1-3H3,(H,19,20);1H. The van der Waals surface area contributed by atoms with Gasteiger partial charge in [0, 0.05) is 23.7 Å². The van der Waals surface area contributed by atoms with Crippen molar-refractivity contribution in [3.8, 4) is 11.5 Å². The van der Waals surface area contributed by atoms with E-state index in [1.54, 1.807) is 0 Å². The summed E-state index contributed by atoms with van der Waals surface area (Å²) < 4.78 is 5.60. The quantitative estimate of drug-likeness (QED) is 0.883. The lowest BCUT2D eigenvalue weighted by atomic mass is 10.1. The molecule has 0 aliphatic heterocycles. The van der Waals surface area contributed by atoms with Crippen molar-refractivity contribution in [2.24, 2.45) is 5.73 Å². The minimum atomic E-state index is -0.0378. The third-order valence-corrected chi connectivity index (χ3v) is 3.25. The number of halogens is 1. The molecule has 1 heterocycles. The number of aryl methyl sites for hydroxylation is 2. The molecular weight excluding hydrogens is 302 g/mol. The summed E-state index contributed by atoms with van der Waals surface area (Å²) in [4.78, 5) is 16.2. The lowest BCUT2D eigenvalue weighted by Crippen LogP contribution is -2.19. The number of rotatable bonds is 5. The Balaban J connectivity index is 0.00000242. The summed E-state index contributed by atoms with van der Waals surface area (Å²) in [6.07, 6.45) is 1.09. The van der Waals surface area contributed by atoms with Crippen molar-refractivity contribution in [3.63, 3.8) is 0 Å². The average molecular weight is 324 g/mol. The number of hydrogen-bond acceptors (Lipinski definition) is 4. The van der Waals surface area contributed by atoms with Crippen molar-refractivity contribution < 1.29 is 9.21 Å². The van der Waals surface area contributed by atoms with E-state index in [4.69, 9.17) is 10.2 Å². The molecule has 3 N–H and O–H groups in total. The van der Waals surface area contributed by atoms with E-state index >= 15 is 0 Å². The van der Waals surface area contributed by atoms with Crippen LogP contribution in [0.2, 0.25) is 0 Å². The largest absolute Gasteiger partial charge is 0.441 e.